The second-order valence-corrected chi connectivity index (χ2v) is 7.27. The van der Waals surface area contributed by atoms with Crippen LogP contribution in [0.1, 0.15) is 39.0 Å². The van der Waals surface area contributed by atoms with E-state index in [0.29, 0.717) is 18.7 Å². The van der Waals surface area contributed by atoms with Crippen molar-refractivity contribution in [3.05, 3.63) is 0 Å². The topological polar surface area (TPSA) is 63.2 Å². The number of alkyl halides is 1. The Balaban J connectivity index is 2.51. The Hall–Kier alpha value is -0.290. The molecule has 1 saturated heterocycles. The van der Waals surface area contributed by atoms with E-state index in [2.05, 4.69) is 5.32 Å². The smallest absolute Gasteiger partial charge is 0.238 e. The fraction of sp³-hybridized carbons (Fsp3) is 0.909. The molecular formula is C11H20ClNO3S. The molecule has 1 fully saturated rings. The molecule has 0 spiro atoms. The highest BCUT2D eigenvalue weighted by Gasteiger charge is 2.35. The van der Waals surface area contributed by atoms with E-state index in [-0.39, 0.29) is 17.7 Å². The van der Waals surface area contributed by atoms with E-state index in [1.54, 1.807) is 0 Å². The van der Waals surface area contributed by atoms with Crippen molar-refractivity contribution >= 4 is 27.3 Å². The Morgan fingerprint density at radius 1 is 1.47 bits per heavy atom. The van der Waals surface area contributed by atoms with E-state index in [1.165, 1.54) is 0 Å². The summed E-state index contributed by atoms with van der Waals surface area (Å²) in [5.74, 6) is 0.357. The fourth-order valence-corrected chi connectivity index (χ4v) is 4.01. The summed E-state index contributed by atoms with van der Waals surface area (Å²) in [6, 6.07) is -0.0154. The predicted molar refractivity (Wildman–Crippen MR) is 69.0 cm³/mol. The molecule has 0 aromatic rings. The summed E-state index contributed by atoms with van der Waals surface area (Å²) in [7, 11) is -3.23. The minimum atomic E-state index is -3.23. The second kappa shape index (κ2) is 6.59. The SMILES string of the molecule is CC(CCCCl)NC(=O)C1CCCCS1(=O)=O. The first-order chi connectivity index (χ1) is 7.97. The van der Waals surface area contributed by atoms with E-state index in [4.69, 9.17) is 11.6 Å². The molecule has 17 heavy (non-hydrogen) atoms. The van der Waals surface area contributed by atoms with Gasteiger partial charge in [-0.2, -0.15) is 0 Å². The summed E-state index contributed by atoms with van der Waals surface area (Å²) in [6.45, 7) is 1.87. The summed E-state index contributed by atoms with van der Waals surface area (Å²) in [6.07, 6.45) is 3.54. The highest BCUT2D eigenvalue weighted by atomic mass is 35.5. The number of sulfone groups is 1. The van der Waals surface area contributed by atoms with Gasteiger partial charge in [0.05, 0.1) is 5.75 Å². The average Bonchev–Trinajstić information content (AvgIpc) is 2.25. The summed E-state index contributed by atoms with van der Waals surface area (Å²) in [5.41, 5.74) is 0. The van der Waals surface area contributed by atoms with Gasteiger partial charge in [0.25, 0.3) is 0 Å². The first kappa shape index (κ1) is 14.8. The van der Waals surface area contributed by atoms with Gasteiger partial charge in [0.2, 0.25) is 5.91 Å². The molecule has 0 aromatic carbocycles. The monoisotopic (exact) mass is 281 g/mol. The molecule has 1 aliphatic heterocycles. The van der Waals surface area contributed by atoms with Gasteiger partial charge in [0.15, 0.2) is 9.84 Å². The normalized spacial score (nSPS) is 25.2. The minimum Gasteiger partial charge on any atom is -0.353 e. The van der Waals surface area contributed by atoms with Crippen molar-refractivity contribution in [1.29, 1.82) is 0 Å². The van der Waals surface area contributed by atoms with Crippen molar-refractivity contribution < 1.29 is 13.2 Å². The molecule has 1 amide bonds. The van der Waals surface area contributed by atoms with Crippen molar-refractivity contribution in [3.8, 4) is 0 Å². The van der Waals surface area contributed by atoms with Crippen LogP contribution in [-0.2, 0) is 14.6 Å². The summed E-state index contributed by atoms with van der Waals surface area (Å²) >= 11 is 5.57. The lowest BCUT2D eigenvalue weighted by molar-refractivity contribution is -0.121. The van der Waals surface area contributed by atoms with Crippen LogP contribution in [0.5, 0.6) is 0 Å². The van der Waals surface area contributed by atoms with Gasteiger partial charge in [0.1, 0.15) is 5.25 Å². The standard InChI is InChI=1S/C11H20ClNO3S/c1-9(5-4-7-12)13-11(14)10-6-2-3-8-17(10,15)16/h9-10H,2-8H2,1H3,(H,13,14). The van der Waals surface area contributed by atoms with Crippen LogP contribution in [0.4, 0.5) is 0 Å². The van der Waals surface area contributed by atoms with Crippen molar-refractivity contribution in [2.45, 2.75) is 50.3 Å². The van der Waals surface area contributed by atoms with Crippen molar-refractivity contribution in [1.82, 2.24) is 5.32 Å². The van der Waals surface area contributed by atoms with Crippen LogP contribution >= 0.6 is 11.6 Å². The van der Waals surface area contributed by atoms with Crippen LogP contribution in [0.25, 0.3) is 0 Å². The lowest BCUT2D eigenvalue weighted by Crippen LogP contribution is -2.45. The van der Waals surface area contributed by atoms with Crippen molar-refractivity contribution in [2.75, 3.05) is 11.6 Å². The quantitative estimate of drug-likeness (QED) is 0.777. The molecule has 0 aromatic heterocycles. The van der Waals surface area contributed by atoms with Gasteiger partial charge in [0, 0.05) is 11.9 Å². The maximum atomic E-state index is 11.9. The van der Waals surface area contributed by atoms with E-state index in [9.17, 15) is 13.2 Å². The van der Waals surface area contributed by atoms with Gasteiger partial charge >= 0.3 is 0 Å². The van der Waals surface area contributed by atoms with Crippen molar-refractivity contribution in [2.24, 2.45) is 0 Å². The third kappa shape index (κ3) is 4.47. The average molecular weight is 282 g/mol. The maximum absolute atomic E-state index is 11.9. The number of amides is 1. The lowest BCUT2D eigenvalue weighted by Gasteiger charge is -2.23. The molecule has 6 heteroatoms. The molecule has 2 atom stereocenters. The first-order valence-corrected chi connectivity index (χ1v) is 8.30. The molecule has 1 heterocycles. The lowest BCUT2D eigenvalue weighted by atomic mass is 10.1. The number of hydrogen-bond donors (Lipinski definition) is 1. The van der Waals surface area contributed by atoms with E-state index < -0.39 is 15.1 Å². The van der Waals surface area contributed by atoms with E-state index in [1.807, 2.05) is 6.92 Å². The first-order valence-electron chi connectivity index (χ1n) is 6.05. The maximum Gasteiger partial charge on any atom is 0.238 e. The molecule has 100 valence electrons. The van der Waals surface area contributed by atoms with Crippen LogP contribution in [0, 0.1) is 0 Å². The summed E-state index contributed by atoms with van der Waals surface area (Å²) < 4.78 is 23.5. The van der Waals surface area contributed by atoms with E-state index in [0.717, 1.165) is 19.3 Å². The van der Waals surface area contributed by atoms with Crippen LogP contribution in [0.2, 0.25) is 0 Å². The largest absolute Gasteiger partial charge is 0.353 e. The third-order valence-electron chi connectivity index (χ3n) is 3.03. The molecule has 0 radical (unpaired) electrons. The van der Waals surface area contributed by atoms with Gasteiger partial charge in [-0.05, 0) is 32.6 Å². The summed E-state index contributed by atoms with van der Waals surface area (Å²) in [5, 5.41) is 1.93. The Morgan fingerprint density at radius 2 is 2.18 bits per heavy atom. The fourth-order valence-electron chi connectivity index (χ4n) is 2.04. The number of nitrogens with one attached hydrogen (secondary N) is 1. The molecule has 0 aliphatic carbocycles. The molecule has 1 N–H and O–H groups in total. The number of carbonyl (C=O) groups is 1. The van der Waals surface area contributed by atoms with Gasteiger partial charge < -0.3 is 5.32 Å². The van der Waals surface area contributed by atoms with E-state index >= 15 is 0 Å². The number of rotatable bonds is 5. The van der Waals surface area contributed by atoms with Crippen LogP contribution < -0.4 is 5.32 Å². The molecule has 4 nitrogen and oxygen atoms in total. The molecule has 0 saturated carbocycles. The number of hydrogen-bond acceptors (Lipinski definition) is 3. The highest BCUT2D eigenvalue weighted by Crippen LogP contribution is 2.19. The second-order valence-electron chi connectivity index (χ2n) is 4.59. The van der Waals surface area contributed by atoms with Crippen LogP contribution in [-0.4, -0.2) is 37.2 Å². The van der Waals surface area contributed by atoms with Crippen molar-refractivity contribution in [3.63, 3.8) is 0 Å². The summed E-state index contributed by atoms with van der Waals surface area (Å²) in [4.78, 5) is 11.9. The minimum absolute atomic E-state index is 0.0154. The Kier molecular flexibility index (Phi) is 5.73. The highest BCUT2D eigenvalue weighted by molar-refractivity contribution is 7.92. The van der Waals surface area contributed by atoms with Gasteiger partial charge in [-0.25, -0.2) is 8.42 Å². The van der Waals surface area contributed by atoms with Gasteiger partial charge in [-0.15, -0.1) is 11.6 Å². The molecular weight excluding hydrogens is 262 g/mol. The van der Waals surface area contributed by atoms with Crippen LogP contribution in [0.15, 0.2) is 0 Å². The van der Waals surface area contributed by atoms with Gasteiger partial charge in [-0.3, -0.25) is 4.79 Å². The third-order valence-corrected chi connectivity index (χ3v) is 5.47. The zero-order valence-corrected chi connectivity index (χ0v) is 11.7. The zero-order chi connectivity index (χ0) is 12.9. The van der Waals surface area contributed by atoms with Crippen LogP contribution in [0.3, 0.4) is 0 Å². The zero-order valence-electron chi connectivity index (χ0n) is 10.1. The molecule has 1 aliphatic rings. The molecule has 2 unspecified atom stereocenters. The predicted octanol–water partition coefficient (Wildman–Crippen LogP) is 1.48. The van der Waals surface area contributed by atoms with Gasteiger partial charge in [-0.1, -0.05) is 6.42 Å². The number of halogens is 1. The Labute approximate surface area is 108 Å². The Bertz CT molecular complexity index is 356. The number of carbonyl (C=O) groups excluding carboxylic acids is 1. The Morgan fingerprint density at radius 3 is 2.76 bits per heavy atom. The molecule has 1 rings (SSSR count). The molecule has 0 bridgehead atoms.